The summed E-state index contributed by atoms with van der Waals surface area (Å²) >= 11 is 0. The average molecular weight is 574 g/mol. The van der Waals surface area contributed by atoms with E-state index in [0.29, 0.717) is 24.5 Å². The zero-order valence-corrected chi connectivity index (χ0v) is 26.8. The van der Waals surface area contributed by atoms with Crippen molar-refractivity contribution in [1.29, 1.82) is 0 Å². The predicted octanol–water partition coefficient (Wildman–Crippen LogP) is 5.35. The monoisotopic (exact) mass is 573 g/mol. The zero-order chi connectivity index (χ0) is 28.8. The molecule has 39 heavy (non-hydrogen) atoms. The minimum atomic E-state index is -2.10. The van der Waals surface area contributed by atoms with E-state index in [2.05, 4.69) is 98.0 Å². The van der Waals surface area contributed by atoms with Crippen LogP contribution in [0.25, 0.3) is 11.2 Å². The van der Waals surface area contributed by atoms with Crippen molar-refractivity contribution in [3.8, 4) is 0 Å². The zero-order valence-electron chi connectivity index (χ0n) is 24.8. The highest BCUT2D eigenvalue weighted by molar-refractivity contribution is 6.74. The number of nitrogens with zero attached hydrogens (tertiary/aromatic N) is 5. The number of rotatable bonds is 8. The van der Waals surface area contributed by atoms with Gasteiger partial charge in [-0.15, -0.1) is 0 Å². The Labute approximate surface area is 232 Å². The van der Waals surface area contributed by atoms with Crippen molar-refractivity contribution >= 4 is 39.6 Å². The van der Waals surface area contributed by atoms with Crippen molar-refractivity contribution in [3.05, 3.63) is 35.3 Å². The lowest BCUT2D eigenvalue weighted by Gasteiger charge is -2.40. The van der Waals surface area contributed by atoms with Crippen LogP contribution in [-0.2, 0) is 13.6 Å². The maximum atomic E-state index is 12.8. The molecule has 11 nitrogen and oxygen atoms in total. The van der Waals surface area contributed by atoms with Gasteiger partial charge >= 0.3 is 0 Å². The number of hydrogen-bond donors (Lipinski definition) is 2. The maximum absolute atomic E-state index is 12.8. The third-order valence-corrected chi connectivity index (χ3v) is 17.4. The quantitative estimate of drug-likeness (QED) is 0.342. The Hall–Kier alpha value is -2.46. The van der Waals surface area contributed by atoms with Gasteiger partial charge in [-0.3, -0.25) is 19.3 Å². The van der Waals surface area contributed by atoms with E-state index in [9.17, 15) is 4.79 Å². The van der Waals surface area contributed by atoms with E-state index in [0.717, 1.165) is 0 Å². The van der Waals surface area contributed by atoms with Crippen molar-refractivity contribution in [2.75, 3.05) is 11.9 Å². The van der Waals surface area contributed by atoms with Gasteiger partial charge in [0.1, 0.15) is 12.3 Å². The molecule has 0 spiro atoms. The lowest BCUT2D eigenvalue weighted by atomic mass is 10.2. The fraction of sp³-hybridized carbons (Fsp3) is 0.654. The molecule has 0 saturated carbocycles. The molecule has 1 fully saturated rings. The molecule has 2 N–H and O–H groups in total. The standard InChI is InChI=1S/C26H43N7O4Si2/c1-25(2,3)38(7,8)35-15-18-17(37-39(9,10)26(4,5)6)13-20(36-18)33-16-29-21-22(33)31-24(32-23(21)34)30-19-14-27-11-12-28-19/h11-12,14,16-18,20H,13,15H2,1-10H3,(H2,28,30,31,32,34)/t17-,18+,20+/m0/s1. The Morgan fingerprint density at radius 1 is 1.08 bits per heavy atom. The largest absolute Gasteiger partial charge is 0.414 e. The highest BCUT2D eigenvalue weighted by Gasteiger charge is 2.47. The van der Waals surface area contributed by atoms with Gasteiger partial charge in [0.25, 0.3) is 5.56 Å². The Morgan fingerprint density at radius 2 is 1.77 bits per heavy atom. The van der Waals surface area contributed by atoms with Crippen LogP contribution >= 0.6 is 0 Å². The van der Waals surface area contributed by atoms with E-state index >= 15 is 0 Å². The van der Waals surface area contributed by atoms with Gasteiger partial charge in [0, 0.05) is 18.8 Å². The molecule has 0 unspecified atom stereocenters. The second kappa shape index (κ2) is 10.5. The van der Waals surface area contributed by atoms with Crippen molar-refractivity contribution < 1.29 is 13.6 Å². The summed E-state index contributed by atoms with van der Waals surface area (Å²) in [6.07, 6.45) is 6.09. The molecule has 3 aromatic rings. The SMILES string of the molecule is CC(C)(C)[Si](C)(C)OC[C@H]1O[C@@H](n2cnc3c(=O)[nH]c(Nc4cnccn4)nc32)C[C@@H]1O[Si](C)(C)C(C)(C)C. The lowest BCUT2D eigenvalue weighted by Crippen LogP contribution is -2.48. The Kier molecular flexibility index (Phi) is 7.95. The van der Waals surface area contributed by atoms with Crippen LogP contribution in [0.1, 0.15) is 54.2 Å². The average Bonchev–Trinajstić information content (AvgIpc) is 3.41. The smallest absolute Gasteiger partial charge is 0.280 e. The summed E-state index contributed by atoms with van der Waals surface area (Å²) in [7, 11) is -4.10. The normalized spacial score (nSPS) is 21.0. The fourth-order valence-corrected chi connectivity index (χ4v) is 6.26. The summed E-state index contributed by atoms with van der Waals surface area (Å²) < 4.78 is 21.9. The number of anilines is 2. The first-order valence-corrected chi connectivity index (χ1v) is 19.3. The van der Waals surface area contributed by atoms with Crippen LogP contribution in [0, 0.1) is 0 Å². The molecule has 0 aromatic carbocycles. The molecular weight excluding hydrogens is 531 g/mol. The van der Waals surface area contributed by atoms with E-state index in [-0.39, 0.29) is 39.3 Å². The molecule has 4 rings (SSSR count). The molecule has 3 atom stereocenters. The Morgan fingerprint density at radius 3 is 2.38 bits per heavy atom. The third-order valence-electron chi connectivity index (χ3n) is 8.40. The third kappa shape index (κ3) is 6.32. The van der Waals surface area contributed by atoms with Gasteiger partial charge in [-0.1, -0.05) is 41.5 Å². The molecule has 0 amide bonds. The molecule has 1 aliphatic rings. The van der Waals surface area contributed by atoms with Crippen LogP contribution in [0.5, 0.6) is 0 Å². The summed E-state index contributed by atoms with van der Waals surface area (Å²) in [5.41, 5.74) is 0.313. The van der Waals surface area contributed by atoms with E-state index in [1.54, 1.807) is 24.9 Å². The molecule has 4 heterocycles. The minimum Gasteiger partial charge on any atom is -0.414 e. The number of hydrogen-bond acceptors (Lipinski definition) is 9. The summed E-state index contributed by atoms with van der Waals surface area (Å²) in [4.78, 5) is 32.8. The molecule has 0 aliphatic carbocycles. The predicted molar refractivity (Wildman–Crippen MR) is 157 cm³/mol. The number of imidazole rings is 1. The number of ether oxygens (including phenoxy) is 1. The fourth-order valence-electron chi connectivity index (χ4n) is 3.89. The van der Waals surface area contributed by atoms with Gasteiger partial charge < -0.3 is 18.9 Å². The molecule has 0 radical (unpaired) electrons. The van der Waals surface area contributed by atoms with Crippen LogP contribution in [0.4, 0.5) is 11.8 Å². The second-order valence-corrected chi connectivity index (χ2v) is 22.9. The van der Waals surface area contributed by atoms with E-state index < -0.39 is 22.9 Å². The minimum absolute atomic E-state index is 0.0490. The molecule has 214 valence electrons. The van der Waals surface area contributed by atoms with Crippen LogP contribution < -0.4 is 10.9 Å². The molecular formula is C26H43N7O4Si2. The molecule has 0 bridgehead atoms. The topological polar surface area (TPSA) is 129 Å². The maximum Gasteiger partial charge on any atom is 0.280 e. The number of aromatic amines is 1. The Bertz CT molecular complexity index is 1350. The first kappa shape index (κ1) is 29.5. The van der Waals surface area contributed by atoms with E-state index in [4.69, 9.17) is 13.6 Å². The summed E-state index contributed by atoms with van der Waals surface area (Å²) in [6.45, 7) is 22.8. The molecule has 1 aliphatic heterocycles. The van der Waals surface area contributed by atoms with Crippen molar-refractivity contribution in [3.63, 3.8) is 0 Å². The highest BCUT2D eigenvalue weighted by Crippen LogP contribution is 2.42. The van der Waals surface area contributed by atoms with Gasteiger partial charge in [-0.25, -0.2) is 9.97 Å². The van der Waals surface area contributed by atoms with Crippen molar-refractivity contribution in [1.82, 2.24) is 29.5 Å². The summed E-state index contributed by atoms with van der Waals surface area (Å²) in [5, 5.41) is 3.14. The first-order valence-electron chi connectivity index (χ1n) is 13.5. The molecule has 13 heteroatoms. The highest BCUT2D eigenvalue weighted by atomic mass is 28.4. The number of fused-ring (bicyclic) bond motifs is 1. The van der Waals surface area contributed by atoms with Gasteiger partial charge in [-0.2, -0.15) is 4.98 Å². The number of H-pyrrole nitrogens is 1. The molecule has 1 saturated heterocycles. The van der Waals surface area contributed by atoms with Crippen molar-refractivity contribution in [2.24, 2.45) is 0 Å². The van der Waals surface area contributed by atoms with Crippen LogP contribution in [0.15, 0.2) is 29.7 Å². The van der Waals surface area contributed by atoms with Gasteiger partial charge in [0.2, 0.25) is 5.95 Å². The first-order chi connectivity index (χ1) is 18.0. The van der Waals surface area contributed by atoms with Crippen LogP contribution in [0.2, 0.25) is 36.3 Å². The summed E-state index contributed by atoms with van der Waals surface area (Å²) in [5.74, 6) is 0.716. The lowest BCUT2D eigenvalue weighted by molar-refractivity contribution is -0.0383. The Balaban J connectivity index is 1.64. The van der Waals surface area contributed by atoms with Crippen molar-refractivity contribution in [2.45, 2.75) is 103 Å². The van der Waals surface area contributed by atoms with E-state index in [1.807, 2.05) is 4.57 Å². The van der Waals surface area contributed by atoms with E-state index in [1.165, 1.54) is 0 Å². The second-order valence-electron chi connectivity index (χ2n) is 13.3. The van der Waals surface area contributed by atoms with Crippen LogP contribution in [-0.4, -0.2) is 64.9 Å². The van der Waals surface area contributed by atoms with Gasteiger partial charge in [0.05, 0.1) is 25.2 Å². The van der Waals surface area contributed by atoms with Gasteiger partial charge in [0.15, 0.2) is 33.6 Å². The van der Waals surface area contributed by atoms with Crippen LogP contribution in [0.3, 0.4) is 0 Å². The number of nitrogens with one attached hydrogen (secondary N) is 2. The molecule has 3 aromatic heterocycles. The van der Waals surface area contributed by atoms with Gasteiger partial charge in [-0.05, 0) is 36.3 Å². The number of aromatic nitrogens is 6. The summed E-state index contributed by atoms with van der Waals surface area (Å²) in [6, 6.07) is 0.